The molecule has 18 nitrogen and oxygen atoms in total. The minimum Gasteiger partial charge on any atom is -0.382 e. The van der Waals surface area contributed by atoms with Crippen LogP contribution in [0.5, 0.6) is 0 Å². The normalized spacial score (nSPS) is 20.2. The summed E-state index contributed by atoms with van der Waals surface area (Å²) in [5.41, 5.74) is 2.36. The zero-order chi connectivity index (χ0) is 46.6. The maximum absolute atomic E-state index is 14.5. The Hall–Kier alpha value is -6.38. The van der Waals surface area contributed by atoms with E-state index in [2.05, 4.69) is 31.2 Å². The lowest BCUT2D eigenvalue weighted by Crippen LogP contribution is -2.53. The number of aldehydes is 1. The van der Waals surface area contributed by atoms with E-state index in [0.29, 0.717) is 75.0 Å². The Balaban J connectivity index is 0.712. The van der Waals surface area contributed by atoms with Crippen LogP contribution in [0, 0.1) is 17.3 Å². The summed E-state index contributed by atoms with van der Waals surface area (Å²) in [6, 6.07) is 13.3. The Morgan fingerprint density at radius 2 is 1.70 bits per heavy atom. The molecular weight excluding hydrogens is 861 g/mol. The van der Waals surface area contributed by atoms with Crippen molar-refractivity contribution < 1.29 is 51.8 Å². The lowest BCUT2D eigenvalue weighted by molar-refractivity contribution is -0.139. The number of halogens is 2. The number of hydrogen-bond acceptors (Lipinski definition) is 12. The molecule has 4 heterocycles. The molecule has 4 aliphatic rings. The van der Waals surface area contributed by atoms with E-state index >= 15 is 0 Å². The molecule has 4 aromatic rings. The highest BCUT2D eigenvalue weighted by atomic mass is 19.3. The second-order valence-electron chi connectivity index (χ2n) is 17.2. The van der Waals surface area contributed by atoms with E-state index in [-0.39, 0.29) is 80.0 Å². The molecule has 2 fully saturated rings. The third kappa shape index (κ3) is 9.08. The van der Waals surface area contributed by atoms with Crippen molar-refractivity contribution in [3.8, 4) is 0 Å². The fourth-order valence-electron chi connectivity index (χ4n) is 9.37. The SMILES string of the molecule is CNC(=O)C(CCC=O)N1C(=O)c2cccc(NCCOCCOCCOCCC(=O)N3CC(C(c4ccccc4)n4cc(NC(=O)c5n[nH]c6c5CC5C(F)(F)C5(C)C6)cn4)C3)c2C1=O. The van der Waals surface area contributed by atoms with Crippen LogP contribution < -0.4 is 16.0 Å². The average Bonchev–Trinajstić information content (AvgIpc) is 3.81. The van der Waals surface area contributed by atoms with Crippen molar-refractivity contribution in [3.05, 3.63) is 94.6 Å². The Morgan fingerprint density at radius 1 is 0.970 bits per heavy atom. The van der Waals surface area contributed by atoms with E-state index in [1.807, 2.05) is 30.3 Å². The molecule has 0 bridgehead atoms. The summed E-state index contributed by atoms with van der Waals surface area (Å²) < 4.78 is 47.6. The maximum atomic E-state index is 14.5. The van der Waals surface area contributed by atoms with Crippen molar-refractivity contribution in [1.82, 2.24) is 35.1 Å². The second kappa shape index (κ2) is 19.6. The van der Waals surface area contributed by atoms with E-state index in [1.165, 1.54) is 13.1 Å². The number of likely N-dealkylation sites (N-methyl/N-ethyl adjacent to an activating group) is 1. The van der Waals surface area contributed by atoms with Crippen LogP contribution in [0.15, 0.2) is 60.9 Å². The molecule has 66 heavy (non-hydrogen) atoms. The minimum absolute atomic E-state index is 0.0173. The van der Waals surface area contributed by atoms with Crippen molar-refractivity contribution in [2.75, 3.05) is 77.0 Å². The van der Waals surface area contributed by atoms with Gasteiger partial charge in [-0.15, -0.1) is 0 Å². The molecule has 2 aromatic carbocycles. The number of fused-ring (bicyclic) bond motifs is 3. The zero-order valence-electron chi connectivity index (χ0n) is 36.7. The highest BCUT2D eigenvalue weighted by molar-refractivity contribution is 6.25. The lowest BCUT2D eigenvalue weighted by atomic mass is 9.86. The number of nitrogens with zero attached hydrogens (tertiary/aromatic N) is 5. The Bertz CT molecular complexity index is 2460. The molecule has 2 aliphatic heterocycles. The van der Waals surface area contributed by atoms with Crippen LogP contribution in [0.25, 0.3) is 0 Å². The fourth-order valence-corrected chi connectivity index (χ4v) is 9.37. The standard InChI is InChI=1S/C46H53F2N9O9/c1-45-23-34-32(22-36(45)46(45,47)48)39(54-53-34)42(61)52-30-24-51-56(27-30)40(28-8-4-3-5-9-28)29-25-55(26-29)37(59)13-16-64-18-20-66-21-19-65-17-14-50-33-11-6-10-31-38(33)44(63)57(43(31)62)35(12-7-15-58)41(60)49-2/h3-6,8-11,15,24,27,29,35-36,40,50H,7,12-14,16-23,25-26H2,1-2H3,(H,49,60)(H,52,61)(H,53,54). The molecular formula is C46H53F2N9O9. The van der Waals surface area contributed by atoms with Crippen LogP contribution in [0.4, 0.5) is 20.2 Å². The van der Waals surface area contributed by atoms with Gasteiger partial charge in [0.15, 0.2) is 5.69 Å². The van der Waals surface area contributed by atoms with Crippen LogP contribution in [-0.2, 0) is 41.4 Å². The summed E-state index contributed by atoms with van der Waals surface area (Å²) in [5.74, 6) is -5.76. The molecule has 1 saturated carbocycles. The van der Waals surface area contributed by atoms with Gasteiger partial charge in [0.25, 0.3) is 23.6 Å². The predicted octanol–water partition coefficient (Wildman–Crippen LogP) is 3.52. The first kappa shape index (κ1) is 46.2. The molecule has 4 N–H and O–H groups in total. The monoisotopic (exact) mass is 913 g/mol. The number of H-pyrrole nitrogens is 1. The number of carbonyl (C=O) groups excluding carboxylic acids is 6. The lowest BCUT2D eigenvalue weighted by Gasteiger charge is -2.43. The van der Waals surface area contributed by atoms with Crippen molar-refractivity contribution in [1.29, 1.82) is 0 Å². The second-order valence-corrected chi connectivity index (χ2v) is 17.2. The van der Waals surface area contributed by atoms with Gasteiger partial charge in [-0.05, 0) is 30.5 Å². The molecule has 0 radical (unpaired) electrons. The number of nitrogens with one attached hydrogen (secondary N) is 4. The highest BCUT2D eigenvalue weighted by Gasteiger charge is 2.78. The summed E-state index contributed by atoms with van der Waals surface area (Å²) in [5, 5.41) is 20.0. The quantitative estimate of drug-likeness (QED) is 0.0478. The van der Waals surface area contributed by atoms with Crippen molar-refractivity contribution in [2.24, 2.45) is 17.3 Å². The van der Waals surface area contributed by atoms with E-state index in [9.17, 15) is 37.5 Å². The average molecular weight is 914 g/mol. The van der Waals surface area contributed by atoms with Crippen molar-refractivity contribution in [3.63, 3.8) is 0 Å². The van der Waals surface area contributed by atoms with E-state index in [0.717, 1.165) is 10.5 Å². The van der Waals surface area contributed by atoms with Crippen LogP contribution >= 0.6 is 0 Å². The molecule has 2 aromatic heterocycles. The highest BCUT2D eigenvalue weighted by Crippen LogP contribution is 2.70. The zero-order valence-corrected chi connectivity index (χ0v) is 36.7. The summed E-state index contributed by atoms with van der Waals surface area (Å²) >= 11 is 0. The van der Waals surface area contributed by atoms with E-state index in [1.54, 1.807) is 41.0 Å². The number of carbonyl (C=O) groups is 6. The van der Waals surface area contributed by atoms with Gasteiger partial charge in [-0.2, -0.15) is 10.2 Å². The first-order chi connectivity index (χ1) is 31.9. The minimum atomic E-state index is -2.76. The van der Waals surface area contributed by atoms with Gasteiger partial charge < -0.3 is 39.9 Å². The van der Waals surface area contributed by atoms with E-state index in [4.69, 9.17) is 14.2 Å². The Kier molecular flexibility index (Phi) is 13.7. The summed E-state index contributed by atoms with van der Waals surface area (Å²) in [6.45, 7) is 4.66. The number of ether oxygens (including phenoxy) is 3. The van der Waals surface area contributed by atoms with Gasteiger partial charge in [-0.3, -0.25) is 38.7 Å². The third-order valence-corrected chi connectivity index (χ3v) is 13.1. The van der Waals surface area contributed by atoms with Gasteiger partial charge >= 0.3 is 0 Å². The Morgan fingerprint density at radius 3 is 2.42 bits per heavy atom. The number of benzene rings is 2. The largest absolute Gasteiger partial charge is 0.382 e. The number of alkyl halides is 2. The fraction of sp³-hybridized carbons (Fsp3) is 0.478. The number of rotatable bonds is 23. The summed E-state index contributed by atoms with van der Waals surface area (Å²) in [4.78, 5) is 79.0. The Labute approximate surface area is 379 Å². The van der Waals surface area contributed by atoms with Gasteiger partial charge in [0, 0.05) is 79.9 Å². The predicted molar refractivity (Wildman–Crippen MR) is 233 cm³/mol. The molecule has 8 rings (SSSR count). The third-order valence-electron chi connectivity index (χ3n) is 13.1. The number of aromatic nitrogens is 4. The molecule has 20 heteroatoms. The number of anilines is 2. The van der Waals surface area contributed by atoms with Crippen LogP contribution in [-0.4, -0.2) is 144 Å². The smallest absolute Gasteiger partial charge is 0.276 e. The summed E-state index contributed by atoms with van der Waals surface area (Å²) in [6.07, 6.45) is 4.41. The molecule has 1 saturated heterocycles. The maximum Gasteiger partial charge on any atom is 0.276 e. The summed E-state index contributed by atoms with van der Waals surface area (Å²) in [7, 11) is 1.40. The molecule has 350 valence electrons. The van der Waals surface area contributed by atoms with Crippen LogP contribution in [0.1, 0.15) is 80.3 Å². The number of aromatic amines is 1. The first-order valence-electron chi connectivity index (χ1n) is 22.1. The van der Waals surface area contributed by atoms with Gasteiger partial charge in [-0.1, -0.05) is 43.3 Å². The first-order valence-corrected chi connectivity index (χ1v) is 22.1. The number of imide groups is 1. The molecule has 0 spiro atoms. The number of likely N-dealkylation sites (tertiary alicyclic amines) is 1. The van der Waals surface area contributed by atoms with Crippen LogP contribution in [0.2, 0.25) is 0 Å². The van der Waals surface area contributed by atoms with Gasteiger partial charge in [0.2, 0.25) is 11.8 Å². The van der Waals surface area contributed by atoms with Crippen molar-refractivity contribution in [2.45, 2.75) is 57.0 Å². The molecule has 5 amide bonds. The molecule has 4 atom stereocenters. The number of amides is 5. The van der Waals surface area contributed by atoms with Gasteiger partial charge in [0.1, 0.15) is 12.3 Å². The van der Waals surface area contributed by atoms with Gasteiger partial charge in [0.05, 0.1) is 75.1 Å². The molecule has 4 unspecified atom stereocenters. The topological polar surface area (TPSA) is 219 Å². The van der Waals surface area contributed by atoms with Crippen molar-refractivity contribution >= 4 is 47.2 Å². The van der Waals surface area contributed by atoms with E-state index < -0.39 is 46.9 Å². The number of hydrogen-bond donors (Lipinski definition) is 4. The van der Waals surface area contributed by atoms with Crippen LogP contribution in [0.3, 0.4) is 0 Å². The van der Waals surface area contributed by atoms with Gasteiger partial charge in [-0.25, -0.2) is 8.78 Å². The molecule has 2 aliphatic carbocycles.